The first-order valence-corrected chi connectivity index (χ1v) is 8.49. The highest BCUT2D eigenvalue weighted by Crippen LogP contribution is 2.33. The summed E-state index contributed by atoms with van der Waals surface area (Å²) in [5, 5.41) is 11.9. The number of nitriles is 1. The fraction of sp³-hybridized carbons (Fsp3) is 0.500. The Labute approximate surface area is 144 Å². The molecule has 0 bridgehead atoms. The number of sulfonamides is 1. The molecule has 1 aromatic carbocycles. The summed E-state index contributed by atoms with van der Waals surface area (Å²) in [4.78, 5) is -0.491. The molecule has 1 aliphatic rings. The maximum absolute atomic E-state index is 12.9. The Morgan fingerprint density at radius 2 is 2.04 bits per heavy atom. The van der Waals surface area contributed by atoms with Gasteiger partial charge < -0.3 is 5.32 Å². The van der Waals surface area contributed by atoms with Crippen molar-refractivity contribution in [2.45, 2.75) is 42.9 Å². The zero-order valence-corrected chi connectivity index (χ0v) is 14.4. The number of piperidine rings is 1. The van der Waals surface area contributed by atoms with E-state index in [0.717, 1.165) is 12.1 Å². The van der Waals surface area contributed by atoms with Gasteiger partial charge in [0.2, 0.25) is 10.0 Å². The molecular formula is C14H17ClF3N3O2S. The third kappa shape index (κ3) is 4.83. The van der Waals surface area contributed by atoms with Crippen molar-refractivity contribution in [3.8, 4) is 6.07 Å². The van der Waals surface area contributed by atoms with E-state index >= 15 is 0 Å². The highest BCUT2D eigenvalue weighted by Gasteiger charge is 2.35. The summed E-state index contributed by atoms with van der Waals surface area (Å²) in [5.41, 5.74) is -1.85. The van der Waals surface area contributed by atoms with Gasteiger partial charge in [-0.05, 0) is 44.5 Å². The topological polar surface area (TPSA) is 82.0 Å². The second kappa shape index (κ2) is 7.70. The van der Waals surface area contributed by atoms with Crippen molar-refractivity contribution < 1.29 is 21.6 Å². The lowest BCUT2D eigenvalue weighted by Crippen LogP contribution is -2.46. The van der Waals surface area contributed by atoms with Crippen molar-refractivity contribution in [3.63, 3.8) is 0 Å². The van der Waals surface area contributed by atoms with E-state index in [0.29, 0.717) is 25.5 Å². The van der Waals surface area contributed by atoms with Crippen LogP contribution in [0.1, 0.15) is 30.9 Å². The van der Waals surface area contributed by atoms with E-state index < -0.39 is 32.2 Å². The van der Waals surface area contributed by atoms with Crippen LogP contribution in [0.5, 0.6) is 0 Å². The van der Waals surface area contributed by atoms with E-state index in [2.05, 4.69) is 10.0 Å². The molecule has 2 atom stereocenters. The van der Waals surface area contributed by atoms with Crippen LogP contribution < -0.4 is 10.0 Å². The molecular weight excluding hydrogens is 367 g/mol. The summed E-state index contributed by atoms with van der Waals surface area (Å²) >= 11 is 0. The summed E-state index contributed by atoms with van der Waals surface area (Å²) in [5.74, 6) is 0. The monoisotopic (exact) mass is 383 g/mol. The minimum atomic E-state index is -4.79. The van der Waals surface area contributed by atoms with Crippen molar-refractivity contribution in [3.05, 3.63) is 29.3 Å². The zero-order valence-electron chi connectivity index (χ0n) is 12.7. The predicted octanol–water partition coefficient (Wildman–Crippen LogP) is 2.42. The molecule has 0 amide bonds. The van der Waals surface area contributed by atoms with E-state index in [1.165, 1.54) is 6.07 Å². The van der Waals surface area contributed by atoms with Crippen LogP contribution in [0.4, 0.5) is 13.2 Å². The molecule has 0 aromatic heterocycles. The van der Waals surface area contributed by atoms with E-state index in [1.54, 1.807) is 0 Å². The highest BCUT2D eigenvalue weighted by atomic mass is 35.5. The summed E-state index contributed by atoms with van der Waals surface area (Å²) in [6.45, 7) is 2.54. The molecule has 1 saturated heterocycles. The maximum atomic E-state index is 12.9. The van der Waals surface area contributed by atoms with Crippen molar-refractivity contribution in [2.24, 2.45) is 0 Å². The lowest BCUT2D eigenvalue weighted by atomic mass is 10.0. The van der Waals surface area contributed by atoms with Gasteiger partial charge >= 0.3 is 6.18 Å². The molecule has 2 rings (SSSR count). The van der Waals surface area contributed by atoms with Crippen molar-refractivity contribution in [1.29, 1.82) is 5.26 Å². The zero-order chi connectivity index (χ0) is 17.3. The number of rotatable bonds is 3. The number of alkyl halides is 3. The lowest BCUT2D eigenvalue weighted by Gasteiger charge is -2.28. The molecule has 2 unspecified atom stereocenters. The minimum absolute atomic E-state index is 0. The van der Waals surface area contributed by atoms with Gasteiger partial charge in [-0.15, -0.1) is 12.4 Å². The molecule has 0 spiro atoms. The quantitative estimate of drug-likeness (QED) is 0.839. The molecule has 0 aliphatic carbocycles. The first-order chi connectivity index (χ1) is 10.6. The first-order valence-electron chi connectivity index (χ1n) is 7.00. The first kappa shape index (κ1) is 20.7. The summed E-state index contributed by atoms with van der Waals surface area (Å²) in [6.07, 6.45) is -3.67. The number of nitrogens with one attached hydrogen (secondary N) is 2. The third-order valence-corrected chi connectivity index (χ3v) is 5.19. The van der Waals surface area contributed by atoms with Crippen LogP contribution in [0.3, 0.4) is 0 Å². The largest absolute Gasteiger partial charge is 0.417 e. The number of halogens is 4. The number of hydrogen-bond donors (Lipinski definition) is 2. The fourth-order valence-corrected chi connectivity index (χ4v) is 3.86. The van der Waals surface area contributed by atoms with Gasteiger partial charge in [-0.3, -0.25) is 0 Å². The Balaban J connectivity index is 0.00000288. The molecule has 24 heavy (non-hydrogen) atoms. The smallest absolute Gasteiger partial charge is 0.314 e. The second-order valence-electron chi connectivity index (χ2n) is 5.51. The van der Waals surface area contributed by atoms with Crippen LogP contribution in [0.15, 0.2) is 23.1 Å². The van der Waals surface area contributed by atoms with Crippen molar-refractivity contribution in [1.82, 2.24) is 10.0 Å². The molecule has 134 valence electrons. The predicted molar refractivity (Wildman–Crippen MR) is 84.2 cm³/mol. The molecule has 0 saturated carbocycles. The fourth-order valence-electron chi connectivity index (χ4n) is 2.55. The standard InChI is InChI=1S/C14H16F3N3O2S.ClH/c1-9-6-11(4-5-19-9)20-23(21,22)12-3-2-10(8-18)13(7-12)14(15,16)17;/h2-3,7,9,11,19-20H,4-6H2,1H3;1H. The van der Waals surface area contributed by atoms with Gasteiger partial charge in [0.15, 0.2) is 0 Å². The highest BCUT2D eigenvalue weighted by molar-refractivity contribution is 7.89. The Hall–Kier alpha value is -1.34. The average Bonchev–Trinajstić information content (AvgIpc) is 2.45. The molecule has 1 heterocycles. The molecule has 0 radical (unpaired) electrons. The molecule has 2 N–H and O–H groups in total. The SMILES string of the molecule is CC1CC(NS(=O)(=O)c2ccc(C#N)c(C(F)(F)F)c2)CCN1.Cl. The second-order valence-corrected chi connectivity index (χ2v) is 7.23. The maximum Gasteiger partial charge on any atom is 0.417 e. The molecule has 5 nitrogen and oxygen atoms in total. The van der Waals surface area contributed by atoms with Gasteiger partial charge in [0.1, 0.15) is 0 Å². The van der Waals surface area contributed by atoms with Crippen LogP contribution in [0.2, 0.25) is 0 Å². The van der Waals surface area contributed by atoms with E-state index in [4.69, 9.17) is 5.26 Å². The van der Waals surface area contributed by atoms with E-state index in [1.807, 2.05) is 6.92 Å². The van der Waals surface area contributed by atoms with Gasteiger partial charge in [-0.25, -0.2) is 13.1 Å². The third-order valence-electron chi connectivity index (χ3n) is 3.67. The van der Waals surface area contributed by atoms with Crippen LogP contribution in [-0.2, 0) is 16.2 Å². The summed E-state index contributed by atoms with van der Waals surface area (Å²) in [6, 6.07) is 3.62. The minimum Gasteiger partial charge on any atom is -0.314 e. The van der Waals surface area contributed by atoms with Crippen LogP contribution >= 0.6 is 12.4 Å². The lowest BCUT2D eigenvalue weighted by molar-refractivity contribution is -0.137. The summed E-state index contributed by atoms with van der Waals surface area (Å²) < 4.78 is 65.9. The Bertz CT molecular complexity index is 732. The van der Waals surface area contributed by atoms with Crippen LogP contribution in [0, 0.1) is 11.3 Å². The number of benzene rings is 1. The number of hydrogen-bond acceptors (Lipinski definition) is 4. The van der Waals surface area contributed by atoms with Crippen molar-refractivity contribution >= 4 is 22.4 Å². The van der Waals surface area contributed by atoms with Gasteiger partial charge in [-0.1, -0.05) is 0 Å². The average molecular weight is 384 g/mol. The van der Waals surface area contributed by atoms with E-state index in [-0.39, 0.29) is 24.5 Å². The van der Waals surface area contributed by atoms with Crippen LogP contribution in [0.25, 0.3) is 0 Å². The van der Waals surface area contributed by atoms with Gasteiger partial charge in [0, 0.05) is 12.1 Å². The Morgan fingerprint density at radius 1 is 1.38 bits per heavy atom. The molecule has 1 aromatic rings. The molecule has 1 fully saturated rings. The Kier molecular flexibility index (Phi) is 6.64. The van der Waals surface area contributed by atoms with Gasteiger partial charge in [-0.2, -0.15) is 18.4 Å². The van der Waals surface area contributed by atoms with Gasteiger partial charge in [0.05, 0.1) is 22.1 Å². The van der Waals surface area contributed by atoms with E-state index in [9.17, 15) is 21.6 Å². The molecule has 10 heteroatoms. The normalized spacial score (nSPS) is 21.6. The van der Waals surface area contributed by atoms with Crippen LogP contribution in [-0.4, -0.2) is 27.0 Å². The van der Waals surface area contributed by atoms with Gasteiger partial charge in [0.25, 0.3) is 0 Å². The van der Waals surface area contributed by atoms with Crippen molar-refractivity contribution in [2.75, 3.05) is 6.54 Å². The number of nitrogens with zero attached hydrogens (tertiary/aromatic N) is 1. The molecule has 1 aliphatic heterocycles. The Morgan fingerprint density at radius 3 is 2.58 bits per heavy atom. The summed E-state index contributed by atoms with van der Waals surface area (Å²) in [7, 11) is -4.08.